The van der Waals surface area contributed by atoms with Crippen molar-refractivity contribution in [3.05, 3.63) is 162 Å². The van der Waals surface area contributed by atoms with Crippen LogP contribution in [0.5, 0.6) is 0 Å². The fourth-order valence-corrected chi connectivity index (χ4v) is 8.44. The average molecular weight is 625 g/mol. The lowest BCUT2D eigenvalue weighted by atomic mass is 9.89. The van der Waals surface area contributed by atoms with Crippen LogP contribution in [-0.2, 0) is 6.42 Å². The van der Waals surface area contributed by atoms with Gasteiger partial charge in [0.2, 0.25) is 0 Å². The lowest BCUT2D eigenvalue weighted by Gasteiger charge is -2.28. The smallest absolute Gasteiger partial charge is 0.0738 e. The normalized spacial score (nSPS) is 15.5. The number of aryl methyl sites for hydroxylation is 1. The first kappa shape index (κ1) is 29.2. The molecule has 1 aliphatic rings. The summed E-state index contributed by atoms with van der Waals surface area (Å²) in [5, 5.41) is 2.55. The molecule has 0 N–H and O–H groups in total. The third-order valence-corrected chi connectivity index (χ3v) is 10.8. The molecule has 1 aliphatic carbocycles. The van der Waals surface area contributed by atoms with E-state index in [1.807, 2.05) is 17.4 Å². The Kier molecular flexibility index (Phi) is 7.55. The molecule has 2 atom stereocenters. The standard InChI is InChI=1S/C44H36N2S/c1-4-31-23-24-34(46(33-16-9-6-10-17-33)39-19-13-21-41-43(39)36-18-11-12-20-40(36)47-41)28-38(31)42-29(2)22-25-35(44(42)45-3)37-27-32(37)26-30-14-7-5-8-15-30/h4-25,28,32,37H,1,3,26-27H2,2H3. The van der Waals surface area contributed by atoms with E-state index in [-0.39, 0.29) is 0 Å². The number of anilines is 3. The van der Waals surface area contributed by atoms with Crippen LogP contribution < -0.4 is 4.90 Å². The summed E-state index contributed by atoms with van der Waals surface area (Å²) in [7, 11) is 0. The Balaban J connectivity index is 1.29. The summed E-state index contributed by atoms with van der Waals surface area (Å²) >= 11 is 1.85. The minimum atomic E-state index is 0.482. The van der Waals surface area contributed by atoms with Crippen LogP contribution in [0.15, 0.2) is 145 Å². The zero-order valence-electron chi connectivity index (χ0n) is 26.6. The van der Waals surface area contributed by atoms with E-state index in [2.05, 4.69) is 159 Å². The fraction of sp³-hybridized carbons (Fsp3) is 0.114. The maximum absolute atomic E-state index is 4.75. The minimum absolute atomic E-state index is 0.482. The van der Waals surface area contributed by atoms with Gasteiger partial charge in [-0.2, -0.15) is 0 Å². The van der Waals surface area contributed by atoms with Gasteiger partial charge >= 0.3 is 0 Å². The molecular weight excluding hydrogens is 589 g/mol. The van der Waals surface area contributed by atoms with E-state index >= 15 is 0 Å². The second kappa shape index (κ2) is 12.2. The van der Waals surface area contributed by atoms with Crippen LogP contribution in [0.1, 0.15) is 34.6 Å². The average Bonchev–Trinajstić information content (AvgIpc) is 3.76. The first-order valence-corrected chi connectivity index (χ1v) is 17.1. The minimum Gasteiger partial charge on any atom is -0.310 e. The number of aliphatic imine (C=N–C) groups is 1. The van der Waals surface area contributed by atoms with Crippen molar-refractivity contribution in [1.82, 2.24) is 0 Å². The van der Waals surface area contributed by atoms with Crippen LogP contribution in [0.4, 0.5) is 22.7 Å². The summed E-state index contributed by atoms with van der Waals surface area (Å²) in [5.74, 6) is 1.10. The third kappa shape index (κ3) is 5.27. The SMILES string of the molecule is C=Cc1ccc(N(c2ccccc2)c2cccc3sc4ccccc4c23)cc1-c1c(C)ccc(C2CC2Cc2ccccc2)c1N=C. The number of hydrogen-bond acceptors (Lipinski definition) is 3. The summed E-state index contributed by atoms with van der Waals surface area (Å²) in [6, 6.07) is 48.2. The number of benzene rings is 6. The van der Waals surface area contributed by atoms with E-state index in [1.54, 1.807) is 0 Å². The van der Waals surface area contributed by atoms with Gasteiger partial charge < -0.3 is 4.90 Å². The zero-order valence-corrected chi connectivity index (χ0v) is 27.4. The number of thiophene rings is 1. The van der Waals surface area contributed by atoms with Gasteiger partial charge in [0.1, 0.15) is 0 Å². The lowest BCUT2D eigenvalue weighted by Crippen LogP contribution is -2.10. The van der Waals surface area contributed by atoms with E-state index in [4.69, 9.17) is 4.99 Å². The molecule has 1 fully saturated rings. The highest BCUT2D eigenvalue weighted by atomic mass is 32.1. The molecule has 7 aromatic rings. The van der Waals surface area contributed by atoms with Crippen molar-refractivity contribution in [3.63, 3.8) is 0 Å². The zero-order chi connectivity index (χ0) is 31.9. The quantitative estimate of drug-likeness (QED) is 0.146. The van der Waals surface area contributed by atoms with Crippen molar-refractivity contribution in [2.24, 2.45) is 10.9 Å². The van der Waals surface area contributed by atoms with E-state index in [0.29, 0.717) is 11.8 Å². The summed E-state index contributed by atoms with van der Waals surface area (Å²) in [5.41, 5.74) is 11.6. The molecule has 0 saturated heterocycles. The van der Waals surface area contributed by atoms with Crippen LogP contribution in [0.25, 0.3) is 37.4 Å². The summed E-state index contributed by atoms with van der Waals surface area (Å²) in [6.45, 7) is 10.5. The molecule has 2 unspecified atom stereocenters. The maximum atomic E-state index is 4.75. The van der Waals surface area contributed by atoms with Gasteiger partial charge in [0.15, 0.2) is 0 Å². The Bertz CT molecular complexity index is 2260. The summed E-state index contributed by atoms with van der Waals surface area (Å²) in [4.78, 5) is 7.15. The first-order chi connectivity index (χ1) is 23.1. The van der Waals surface area contributed by atoms with Crippen LogP contribution >= 0.6 is 11.3 Å². The molecule has 2 nitrogen and oxygen atoms in total. The van der Waals surface area contributed by atoms with Gasteiger partial charge in [-0.1, -0.05) is 104 Å². The van der Waals surface area contributed by atoms with Crippen LogP contribution in [-0.4, -0.2) is 6.72 Å². The van der Waals surface area contributed by atoms with Crippen molar-refractivity contribution in [2.45, 2.75) is 25.7 Å². The Labute approximate surface area is 281 Å². The molecule has 1 aromatic heterocycles. The Morgan fingerprint density at radius 3 is 2.32 bits per heavy atom. The summed E-state index contributed by atoms with van der Waals surface area (Å²) in [6.07, 6.45) is 4.23. The number of fused-ring (bicyclic) bond motifs is 3. The molecule has 0 aliphatic heterocycles. The molecule has 0 radical (unpaired) electrons. The highest BCUT2D eigenvalue weighted by Gasteiger charge is 2.40. The molecule has 8 rings (SSSR count). The van der Waals surface area contributed by atoms with Gasteiger partial charge in [-0.15, -0.1) is 11.3 Å². The van der Waals surface area contributed by atoms with Crippen LogP contribution in [0.3, 0.4) is 0 Å². The fourth-order valence-electron chi connectivity index (χ4n) is 7.31. The van der Waals surface area contributed by atoms with Crippen molar-refractivity contribution < 1.29 is 0 Å². The van der Waals surface area contributed by atoms with Gasteiger partial charge in [0.25, 0.3) is 0 Å². The van der Waals surface area contributed by atoms with Crippen molar-refractivity contribution >= 4 is 67.1 Å². The number of rotatable bonds is 9. The third-order valence-electron chi connectivity index (χ3n) is 9.66. The first-order valence-electron chi connectivity index (χ1n) is 16.3. The topological polar surface area (TPSA) is 15.6 Å². The van der Waals surface area contributed by atoms with Crippen molar-refractivity contribution in [3.8, 4) is 11.1 Å². The molecule has 0 spiro atoms. The number of nitrogens with zero attached hydrogens (tertiary/aromatic N) is 2. The monoisotopic (exact) mass is 624 g/mol. The van der Waals surface area contributed by atoms with E-state index in [0.717, 1.165) is 45.9 Å². The van der Waals surface area contributed by atoms with Crippen LogP contribution in [0.2, 0.25) is 0 Å². The molecule has 1 heterocycles. The summed E-state index contributed by atoms with van der Waals surface area (Å²) < 4.78 is 2.58. The highest BCUT2D eigenvalue weighted by Crippen LogP contribution is 2.55. The second-order valence-corrected chi connectivity index (χ2v) is 13.6. The number of para-hydroxylation sites is 1. The lowest BCUT2D eigenvalue weighted by molar-refractivity contribution is 0.795. The van der Waals surface area contributed by atoms with E-state index < -0.39 is 0 Å². The van der Waals surface area contributed by atoms with Crippen molar-refractivity contribution in [2.75, 3.05) is 4.90 Å². The predicted molar refractivity (Wildman–Crippen MR) is 204 cm³/mol. The van der Waals surface area contributed by atoms with Gasteiger partial charge in [-0.05, 0) is 109 Å². The largest absolute Gasteiger partial charge is 0.310 e. The van der Waals surface area contributed by atoms with Gasteiger partial charge in [0, 0.05) is 37.1 Å². The Hall–Kier alpha value is -5.25. The van der Waals surface area contributed by atoms with Crippen molar-refractivity contribution in [1.29, 1.82) is 0 Å². The highest BCUT2D eigenvalue weighted by molar-refractivity contribution is 7.26. The number of hydrogen-bond donors (Lipinski definition) is 0. The molecule has 1 saturated carbocycles. The van der Waals surface area contributed by atoms with E-state index in [1.165, 1.54) is 43.3 Å². The molecule has 0 bridgehead atoms. The molecule has 0 amide bonds. The Morgan fingerprint density at radius 1 is 0.787 bits per heavy atom. The molecular formula is C44H36N2S. The Morgan fingerprint density at radius 2 is 1.53 bits per heavy atom. The molecule has 228 valence electrons. The molecule has 6 aromatic carbocycles. The van der Waals surface area contributed by atoms with Gasteiger partial charge in [-0.3, -0.25) is 4.99 Å². The van der Waals surface area contributed by atoms with Gasteiger partial charge in [0.05, 0.1) is 11.4 Å². The van der Waals surface area contributed by atoms with E-state index in [9.17, 15) is 0 Å². The second-order valence-electron chi connectivity index (χ2n) is 12.5. The predicted octanol–water partition coefficient (Wildman–Crippen LogP) is 12.8. The molecule has 47 heavy (non-hydrogen) atoms. The maximum Gasteiger partial charge on any atom is 0.0738 e. The molecule has 3 heteroatoms. The van der Waals surface area contributed by atoms with Crippen LogP contribution in [0, 0.1) is 12.8 Å². The van der Waals surface area contributed by atoms with Gasteiger partial charge in [-0.25, -0.2) is 0 Å².